The van der Waals surface area contributed by atoms with Crippen LogP contribution in [0, 0.1) is 0 Å². The van der Waals surface area contributed by atoms with E-state index in [0.29, 0.717) is 18.3 Å². The van der Waals surface area contributed by atoms with E-state index in [4.69, 9.17) is 7.85 Å². The summed E-state index contributed by atoms with van der Waals surface area (Å²) in [5.74, 6) is 0.199. The van der Waals surface area contributed by atoms with E-state index in [1.54, 1.807) is 4.90 Å². The molecule has 38 heavy (non-hydrogen) atoms. The minimum atomic E-state index is -4.93. The van der Waals surface area contributed by atoms with Crippen molar-refractivity contribution in [3.63, 3.8) is 0 Å². The minimum Gasteiger partial charge on any atom is -0.333 e. The maximum Gasteiger partial charge on any atom is 0.416 e. The second-order valence-electron chi connectivity index (χ2n) is 9.64. The lowest BCUT2D eigenvalue weighted by Crippen LogP contribution is -2.53. The molecule has 1 fully saturated rings. The predicted molar refractivity (Wildman–Crippen MR) is 134 cm³/mol. The highest BCUT2D eigenvalue weighted by molar-refractivity contribution is 6.31. The van der Waals surface area contributed by atoms with Gasteiger partial charge in [-0.25, -0.2) is 9.97 Å². The highest BCUT2D eigenvalue weighted by Crippen LogP contribution is 2.37. The number of halogens is 6. The Bertz CT molecular complexity index is 1170. The smallest absolute Gasteiger partial charge is 0.333 e. The predicted octanol–water partition coefficient (Wildman–Crippen LogP) is 5.46. The fraction of sp³-hybridized carbons (Fsp3) is 0.407. The Hall–Kier alpha value is -3.08. The summed E-state index contributed by atoms with van der Waals surface area (Å²) in [4.78, 5) is 10.3. The Kier molecular flexibility index (Phi) is 8.35. The Morgan fingerprint density at radius 2 is 1.45 bits per heavy atom. The van der Waals surface area contributed by atoms with Crippen molar-refractivity contribution in [1.29, 1.82) is 0 Å². The van der Waals surface area contributed by atoms with Crippen LogP contribution in [0.4, 0.5) is 32.3 Å². The number of rotatable bonds is 7. The van der Waals surface area contributed by atoms with Crippen LogP contribution < -0.4 is 15.7 Å². The number of aromatic nitrogens is 2. The van der Waals surface area contributed by atoms with E-state index in [1.165, 1.54) is 12.4 Å². The monoisotopic (exact) mass is 532 g/mol. The van der Waals surface area contributed by atoms with Gasteiger partial charge in [-0.15, -0.1) is 0 Å². The molecule has 0 amide bonds. The van der Waals surface area contributed by atoms with Gasteiger partial charge in [-0.05, 0) is 55.0 Å². The van der Waals surface area contributed by atoms with Crippen molar-refractivity contribution in [2.45, 2.75) is 69.6 Å². The molecule has 1 aromatic heterocycles. The molecule has 0 spiro atoms. The lowest BCUT2D eigenvalue weighted by atomic mass is 9.88. The van der Waals surface area contributed by atoms with Gasteiger partial charge >= 0.3 is 12.4 Å². The van der Waals surface area contributed by atoms with Gasteiger partial charge in [0.1, 0.15) is 7.85 Å². The number of alkyl halides is 6. The molecule has 11 heteroatoms. The fourth-order valence-electron chi connectivity index (χ4n) is 4.95. The van der Waals surface area contributed by atoms with Gasteiger partial charge in [-0.1, -0.05) is 42.7 Å². The van der Waals surface area contributed by atoms with Crippen LogP contribution in [0.25, 0.3) is 0 Å². The summed E-state index contributed by atoms with van der Waals surface area (Å²) in [6.07, 6.45) is -4.34. The minimum absolute atomic E-state index is 0.0460. The van der Waals surface area contributed by atoms with Gasteiger partial charge in [0.2, 0.25) is 5.95 Å². The standard InChI is InChI=1S/C27H27BF6N4/c1-2-22-12-24(13-23(37-22)10-17-6-4-3-5-7-17)38(25-35-14-21(28)15-36-25)16-18-8-19(26(29,30)31)11-20(9-18)27(32,33)34/h3-9,11,14-15,22-24,37H,2,10,12-13,16H2,1H3/t22-,23+,24+/m1/s1. The number of hydrogen-bond acceptors (Lipinski definition) is 4. The zero-order valence-electron chi connectivity index (χ0n) is 20.7. The number of nitrogens with one attached hydrogen (secondary N) is 1. The molecular weight excluding hydrogens is 505 g/mol. The van der Waals surface area contributed by atoms with Gasteiger partial charge in [-0.2, -0.15) is 26.3 Å². The van der Waals surface area contributed by atoms with Gasteiger partial charge in [0.15, 0.2) is 0 Å². The third-order valence-corrected chi connectivity index (χ3v) is 6.76. The van der Waals surface area contributed by atoms with Crippen molar-refractivity contribution >= 4 is 19.3 Å². The molecule has 0 saturated carbocycles. The molecule has 1 saturated heterocycles. The van der Waals surface area contributed by atoms with Crippen LogP contribution in [0.2, 0.25) is 0 Å². The zero-order valence-corrected chi connectivity index (χ0v) is 20.7. The molecule has 200 valence electrons. The molecule has 3 aromatic rings. The molecule has 0 aliphatic carbocycles. The molecule has 0 bridgehead atoms. The number of benzene rings is 2. The normalized spacial score (nSPS) is 20.3. The molecule has 1 aliphatic rings. The van der Waals surface area contributed by atoms with E-state index in [1.807, 2.05) is 37.3 Å². The summed E-state index contributed by atoms with van der Waals surface area (Å²) < 4.78 is 81.1. The molecule has 1 aliphatic heterocycles. The second kappa shape index (κ2) is 11.3. The second-order valence-corrected chi connectivity index (χ2v) is 9.64. The SMILES string of the molecule is [B]c1cnc(N(Cc2cc(C(F)(F)F)cc(C(F)(F)F)c2)[C@H]2C[C@@H](CC)N[C@@H](Cc3ccccc3)C2)nc1. The quantitative estimate of drug-likeness (QED) is 0.325. The first-order valence-corrected chi connectivity index (χ1v) is 12.3. The maximum atomic E-state index is 13.5. The summed E-state index contributed by atoms with van der Waals surface area (Å²) in [6, 6.07) is 11.5. The van der Waals surface area contributed by atoms with Crippen molar-refractivity contribution in [2.75, 3.05) is 4.90 Å². The Balaban J connectivity index is 1.71. The van der Waals surface area contributed by atoms with Crippen molar-refractivity contribution < 1.29 is 26.3 Å². The molecule has 3 atom stereocenters. The van der Waals surface area contributed by atoms with Gasteiger partial charge < -0.3 is 10.2 Å². The summed E-state index contributed by atoms with van der Waals surface area (Å²) in [6.45, 7) is 1.81. The van der Waals surface area contributed by atoms with Crippen LogP contribution >= 0.6 is 0 Å². The molecule has 4 rings (SSSR count). The van der Waals surface area contributed by atoms with Gasteiger partial charge in [0.05, 0.1) is 11.1 Å². The zero-order chi connectivity index (χ0) is 27.5. The summed E-state index contributed by atoms with van der Waals surface area (Å²) >= 11 is 0. The summed E-state index contributed by atoms with van der Waals surface area (Å²) in [7, 11) is 5.74. The van der Waals surface area contributed by atoms with Gasteiger partial charge in [0, 0.05) is 37.1 Å². The summed E-state index contributed by atoms with van der Waals surface area (Å²) in [5.41, 5.74) is -1.40. The highest BCUT2D eigenvalue weighted by Gasteiger charge is 2.38. The number of piperidine rings is 1. The van der Waals surface area contributed by atoms with E-state index in [0.717, 1.165) is 30.5 Å². The van der Waals surface area contributed by atoms with Crippen LogP contribution in [0.3, 0.4) is 0 Å². The van der Waals surface area contributed by atoms with E-state index < -0.39 is 23.5 Å². The first kappa shape index (κ1) is 27.9. The number of nitrogens with zero attached hydrogens (tertiary/aromatic N) is 3. The van der Waals surface area contributed by atoms with Crippen LogP contribution in [0.1, 0.15) is 48.4 Å². The third kappa shape index (κ3) is 7.06. The topological polar surface area (TPSA) is 41.1 Å². The van der Waals surface area contributed by atoms with Crippen LogP contribution in [-0.2, 0) is 25.3 Å². The number of hydrogen-bond donors (Lipinski definition) is 1. The van der Waals surface area contributed by atoms with E-state index in [9.17, 15) is 26.3 Å². The van der Waals surface area contributed by atoms with Crippen LogP contribution in [0.15, 0.2) is 60.9 Å². The molecule has 4 nitrogen and oxygen atoms in total. The van der Waals surface area contributed by atoms with Crippen LogP contribution in [0.5, 0.6) is 0 Å². The van der Waals surface area contributed by atoms with E-state index in [-0.39, 0.29) is 42.2 Å². The molecule has 2 radical (unpaired) electrons. The molecule has 0 unspecified atom stereocenters. The fourth-order valence-corrected chi connectivity index (χ4v) is 4.95. The Morgan fingerprint density at radius 1 is 0.868 bits per heavy atom. The Labute approximate surface area is 218 Å². The first-order chi connectivity index (χ1) is 17.9. The number of anilines is 1. The molecular formula is C27H27BF6N4. The largest absolute Gasteiger partial charge is 0.416 e. The molecule has 2 aromatic carbocycles. The molecule has 1 N–H and O–H groups in total. The van der Waals surface area contributed by atoms with Crippen molar-refractivity contribution in [3.05, 3.63) is 83.2 Å². The lowest BCUT2D eigenvalue weighted by molar-refractivity contribution is -0.143. The highest BCUT2D eigenvalue weighted by atomic mass is 19.4. The third-order valence-electron chi connectivity index (χ3n) is 6.76. The van der Waals surface area contributed by atoms with Crippen molar-refractivity contribution in [3.8, 4) is 0 Å². The van der Waals surface area contributed by atoms with Gasteiger partial charge in [-0.3, -0.25) is 0 Å². The van der Waals surface area contributed by atoms with Gasteiger partial charge in [0.25, 0.3) is 0 Å². The average molecular weight is 532 g/mol. The van der Waals surface area contributed by atoms with Crippen LogP contribution in [-0.4, -0.2) is 35.9 Å². The van der Waals surface area contributed by atoms with E-state index in [2.05, 4.69) is 15.3 Å². The van der Waals surface area contributed by atoms with E-state index >= 15 is 0 Å². The van der Waals surface area contributed by atoms with Crippen molar-refractivity contribution in [2.24, 2.45) is 0 Å². The maximum absolute atomic E-state index is 13.5. The molecule has 2 heterocycles. The lowest BCUT2D eigenvalue weighted by Gasteiger charge is -2.42. The summed E-state index contributed by atoms with van der Waals surface area (Å²) in [5, 5.41) is 3.63. The Morgan fingerprint density at radius 3 is 2.00 bits per heavy atom. The van der Waals surface area contributed by atoms with Crippen molar-refractivity contribution in [1.82, 2.24) is 15.3 Å². The first-order valence-electron chi connectivity index (χ1n) is 12.3. The average Bonchev–Trinajstić information content (AvgIpc) is 2.87.